The van der Waals surface area contributed by atoms with Crippen LogP contribution in [0.25, 0.3) is 0 Å². The number of benzene rings is 3. The van der Waals surface area contributed by atoms with E-state index >= 15 is 0 Å². The van der Waals surface area contributed by atoms with E-state index in [4.69, 9.17) is 4.84 Å². The molecule has 3 atom stereocenters. The molecule has 5 heteroatoms. The van der Waals surface area contributed by atoms with Gasteiger partial charge in [0.25, 0.3) is 5.91 Å². The van der Waals surface area contributed by atoms with Crippen LogP contribution in [0.3, 0.4) is 0 Å². The minimum atomic E-state index is -1.05. The molecule has 2 amide bonds. The summed E-state index contributed by atoms with van der Waals surface area (Å²) in [5, 5.41) is 1.72. The van der Waals surface area contributed by atoms with Gasteiger partial charge in [0.1, 0.15) is 5.41 Å². The summed E-state index contributed by atoms with van der Waals surface area (Å²) in [5.41, 5.74) is 1.26. The molecule has 2 saturated heterocycles. The number of fused-ring (bicyclic) bond motifs is 1. The molecule has 0 aromatic heterocycles. The van der Waals surface area contributed by atoms with Crippen molar-refractivity contribution in [1.29, 1.82) is 0 Å². The highest BCUT2D eigenvalue weighted by Gasteiger charge is 2.68. The number of hydrogen-bond acceptors (Lipinski definition) is 4. The zero-order valence-electron chi connectivity index (χ0n) is 15.9. The van der Waals surface area contributed by atoms with Gasteiger partial charge in [-0.2, -0.15) is 0 Å². The predicted molar refractivity (Wildman–Crippen MR) is 110 cm³/mol. The second kappa shape index (κ2) is 6.57. The Hall–Kier alpha value is -3.44. The number of nitrogens with zero attached hydrogens (tertiary/aromatic N) is 2. The quantitative estimate of drug-likeness (QED) is 0.637. The highest BCUT2D eigenvalue weighted by molar-refractivity contribution is 6.25. The number of anilines is 2. The van der Waals surface area contributed by atoms with Crippen molar-refractivity contribution in [2.24, 2.45) is 5.41 Å². The predicted octanol–water partition coefficient (Wildman–Crippen LogP) is 4.13. The SMILES string of the molecule is C[C@@]12C(=O)N(c3ccccc3)C(=O)[C@H]1ON(c1ccccc1)[C@H]2c1ccccc1. The van der Waals surface area contributed by atoms with Crippen molar-refractivity contribution < 1.29 is 14.4 Å². The minimum Gasteiger partial charge on any atom is -0.273 e. The van der Waals surface area contributed by atoms with Crippen molar-refractivity contribution in [2.45, 2.75) is 19.1 Å². The molecule has 5 rings (SSSR count). The van der Waals surface area contributed by atoms with Crippen LogP contribution in [0.5, 0.6) is 0 Å². The van der Waals surface area contributed by atoms with Crippen LogP contribution in [0.2, 0.25) is 0 Å². The Morgan fingerprint density at radius 3 is 1.86 bits per heavy atom. The second-order valence-electron chi connectivity index (χ2n) is 7.56. The van der Waals surface area contributed by atoms with E-state index in [2.05, 4.69) is 0 Å². The Labute approximate surface area is 169 Å². The van der Waals surface area contributed by atoms with Crippen molar-refractivity contribution >= 4 is 23.2 Å². The number of amides is 2. The molecule has 3 aromatic carbocycles. The highest BCUT2D eigenvalue weighted by atomic mass is 16.7. The molecule has 29 heavy (non-hydrogen) atoms. The van der Waals surface area contributed by atoms with E-state index in [1.165, 1.54) is 4.90 Å². The van der Waals surface area contributed by atoms with Crippen molar-refractivity contribution in [1.82, 2.24) is 0 Å². The van der Waals surface area contributed by atoms with Crippen LogP contribution in [0.15, 0.2) is 91.0 Å². The van der Waals surface area contributed by atoms with Crippen LogP contribution < -0.4 is 9.96 Å². The van der Waals surface area contributed by atoms with Gasteiger partial charge >= 0.3 is 0 Å². The molecule has 5 nitrogen and oxygen atoms in total. The van der Waals surface area contributed by atoms with Crippen LogP contribution in [0.4, 0.5) is 11.4 Å². The number of imide groups is 1. The highest BCUT2D eigenvalue weighted by Crippen LogP contribution is 2.55. The molecule has 3 aromatic rings. The van der Waals surface area contributed by atoms with Crippen LogP contribution in [0.1, 0.15) is 18.5 Å². The number of carbonyl (C=O) groups excluding carboxylic acids is 2. The molecule has 0 N–H and O–H groups in total. The standard InChI is InChI=1S/C24H20N2O3/c1-24-20(17-11-5-2-6-12-17)26(19-15-9-4-10-16-19)29-21(24)22(27)25(23(24)28)18-13-7-3-8-14-18/h2-16,20-21H,1H3/t20-,21+,24-/m0/s1. The summed E-state index contributed by atoms with van der Waals surface area (Å²) in [6.07, 6.45) is -0.888. The average molecular weight is 384 g/mol. The molecule has 2 aliphatic heterocycles. The molecule has 0 saturated carbocycles. The molecule has 0 spiro atoms. The molecular formula is C24H20N2O3. The van der Waals surface area contributed by atoms with E-state index in [1.807, 2.05) is 85.8 Å². The summed E-state index contributed by atoms with van der Waals surface area (Å²) in [5.74, 6) is -0.575. The van der Waals surface area contributed by atoms with Gasteiger partial charge < -0.3 is 0 Å². The first kappa shape index (κ1) is 17.6. The van der Waals surface area contributed by atoms with E-state index < -0.39 is 17.6 Å². The third-order valence-electron chi connectivity index (χ3n) is 5.82. The van der Waals surface area contributed by atoms with Gasteiger partial charge in [-0.1, -0.05) is 66.7 Å². The molecule has 0 radical (unpaired) electrons. The maximum absolute atomic E-state index is 13.7. The summed E-state index contributed by atoms with van der Waals surface area (Å²) in [6, 6.07) is 28.0. The third-order valence-corrected chi connectivity index (χ3v) is 5.82. The van der Waals surface area contributed by atoms with Gasteiger partial charge in [0, 0.05) is 0 Å². The van der Waals surface area contributed by atoms with Crippen molar-refractivity contribution in [3.63, 3.8) is 0 Å². The molecule has 0 aliphatic carbocycles. The van der Waals surface area contributed by atoms with Crippen LogP contribution in [-0.4, -0.2) is 17.9 Å². The van der Waals surface area contributed by atoms with E-state index in [9.17, 15) is 9.59 Å². The number of para-hydroxylation sites is 2. The molecule has 2 fully saturated rings. The Morgan fingerprint density at radius 2 is 1.28 bits per heavy atom. The zero-order valence-corrected chi connectivity index (χ0v) is 15.9. The van der Waals surface area contributed by atoms with Crippen molar-refractivity contribution in [3.05, 3.63) is 96.6 Å². The number of carbonyl (C=O) groups is 2. The second-order valence-corrected chi connectivity index (χ2v) is 7.56. The smallest absolute Gasteiger partial charge is 0.266 e. The summed E-state index contributed by atoms with van der Waals surface area (Å²) in [7, 11) is 0. The minimum absolute atomic E-state index is 0.244. The Kier molecular flexibility index (Phi) is 4.00. The first-order chi connectivity index (χ1) is 14.1. The van der Waals surface area contributed by atoms with Gasteiger partial charge in [-0.3, -0.25) is 14.4 Å². The Morgan fingerprint density at radius 1 is 0.759 bits per heavy atom. The molecule has 2 heterocycles. The normalized spacial score (nSPS) is 26.1. The third kappa shape index (κ3) is 2.51. The van der Waals surface area contributed by atoms with Crippen molar-refractivity contribution in [3.8, 4) is 0 Å². The fraction of sp³-hybridized carbons (Fsp3) is 0.167. The number of hydroxylamine groups is 1. The van der Waals surface area contributed by atoms with Crippen LogP contribution >= 0.6 is 0 Å². The van der Waals surface area contributed by atoms with E-state index in [0.29, 0.717) is 5.69 Å². The topological polar surface area (TPSA) is 49.9 Å². The Bertz CT molecular complexity index is 1060. The van der Waals surface area contributed by atoms with Gasteiger partial charge in [-0.05, 0) is 36.8 Å². The molecule has 0 unspecified atom stereocenters. The molecule has 2 aliphatic rings. The van der Waals surface area contributed by atoms with Gasteiger partial charge in [0.05, 0.1) is 17.4 Å². The fourth-order valence-corrected chi connectivity index (χ4v) is 4.38. The first-order valence-corrected chi connectivity index (χ1v) is 9.62. The first-order valence-electron chi connectivity index (χ1n) is 9.62. The van der Waals surface area contributed by atoms with Gasteiger partial charge in [-0.15, -0.1) is 0 Å². The van der Waals surface area contributed by atoms with Crippen molar-refractivity contribution in [2.75, 3.05) is 9.96 Å². The maximum Gasteiger partial charge on any atom is 0.266 e. The van der Waals surface area contributed by atoms with Crippen LogP contribution in [-0.2, 0) is 14.4 Å². The maximum atomic E-state index is 13.7. The van der Waals surface area contributed by atoms with E-state index in [1.54, 1.807) is 17.2 Å². The summed E-state index contributed by atoms with van der Waals surface area (Å²) in [6.45, 7) is 1.83. The Balaban J connectivity index is 1.65. The lowest BCUT2D eigenvalue weighted by Crippen LogP contribution is -2.41. The van der Waals surface area contributed by atoms with E-state index in [0.717, 1.165) is 11.3 Å². The fourth-order valence-electron chi connectivity index (χ4n) is 4.38. The lowest BCUT2D eigenvalue weighted by molar-refractivity contribution is -0.128. The molecule has 0 bridgehead atoms. The number of rotatable bonds is 3. The summed E-state index contributed by atoms with van der Waals surface area (Å²) in [4.78, 5) is 34.5. The van der Waals surface area contributed by atoms with Gasteiger partial charge in [0.2, 0.25) is 5.91 Å². The van der Waals surface area contributed by atoms with Gasteiger partial charge in [-0.25, -0.2) is 9.96 Å². The summed E-state index contributed by atoms with van der Waals surface area (Å²) >= 11 is 0. The molecule has 144 valence electrons. The van der Waals surface area contributed by atoms with E-state index in [-0.39, 0.29) is 11.8 Å². The lowest BCUT2D eigenvalue weighted by Gasteiger charge is -2.32. The van der Waals surface area contributed by atoms with Gasteiger partial charge in [0.15, 0.2) is 6.10 Å². The number of hydrogen-bond donors (Lipinski definition) is 0. The average Bonchev–Trinajstić information content (AvgIpc) is 3.18. The largest absolute Gasteiger partial charge is 0.273 e. The summed E-state index contributed by atoms with van der Waals surface area (Å²) < 4.78 is 0. The monoisotopic (exact) mass is 384 g/mol. The molecular weight excluding hydrogens is 364 g/mol. The van der Waals surface area contributed by atoms with Crippen LogP contribution in [0, 0.1) is 5.41 Å². The zero-order chi connectivity index (χ0) is 20.0. The lowest BCUT2D eigenvalue weighted by atomic mass is 9.76.